The molecule has 0 spiro atoms. The minimum Gasteiger partial charge on any atom is -0.489 e. The number of rotatable bonds is 6. The molecule has 0 radical (unpaired) electrons. The molecule has 2 saturated heterocycles. The smallest absolute Gasteiger partial charge is 0.241 e. The first-order valence-corrected chi connectivity index (χ1v) is 17.2. The molecule has 1 aliphatic carbocycles. The van der Waals surface area contributed by atoms with Gasteiger partial charge >= 0.3 is 0 Å². The van der Waals surface area contributed by atoms with Gasteiger partial charge in [-0.05, 0) is 73.2 Å². The standard InChI is InChI=1S/C29H28Cl2N2O6S2/c30-24-7-4-8-25(31)22(24)18-39-20-10-11-23-19(17-20)9-12-27-29(23,41(37,38)21-5-2-1-3-6-21)14-15-33(27)28(34)26-13-16-40(35,36)32-26/h1-8,10-11,17,26-27,32H,9,12-16,18H2/t26?,27-,29-/m1/s1. The highest BCUT2D eigenvalue weighted by molar-refractivity contribution is 7.92. The van der Waals surface area contributed by atoms with E-state index in [1.165, 1.54) is 0 Å². The molecule has 41 heavy (non-hydrogen) atoms. The summed E-state index contributed by atoms with van der Waals surface area (Å²) in [5.74, 6) is 0.0541. The number of fused-ring (bicyclic) bond motifs is 3. The summed E-state index contributed by atoms with van der Waals surface area (Å²) in [4.78, 5) is 15.4. The fourth-order valence-electron chi connectivity index (χ4n) is 6.47. The fraction of sp³-hybridized carbons (Fsp3) is 0.345. The van der Waals surface area contributed by atoms with E-state index in [2.05, 4.69) is 4.72 Å². The molecular formula is C29H28Cl2N2O6S2. The van der Waals surface area contributed by atoms with Crippen LogP contribution in [0.15, 0.2) is 71.6 Å². The second-order valence-electron chi connectivity index (χ2n) is 10.6. The average Bonchev–Trinajstić information content (AvgIpc) is 3.54. The summed E-state index contributed by atoms with van der Waals surface area (Å²) in [5, 5.41) is 0.984. The number of nitrogens with zero attached hydrogens (tertiary/aromatic N) is 1. The largest absolute Gasteiger partial charge is 0.489 e. The summed E-state index contributed by atoms with van der Waals surface area (Å²) in [6.45, 7) is 0.351. The highest BCUT2D eigenvalue weighted by Crippen LogP contribution is 2.53. The van der Waals surface area contributed by atoms with E-state index in [4.69, 9.17) is 27.9 Å². The van der Waals surface area contributed by atoms with Gasteiger partial charge in [0.15, 0.2) is 9.84 Å². The van der Waals surface area contributed by atoms with Crippen molar-refractivity contribution in [1.82, 2.24) is 9.62 Å². The van der Waals surface area contributed by atoms with Crippen LogP contribution in [0.4, 0.5) is 0 Å². The van der Waals surface area contributed by atoms with Crippen molar-refractivity contribution in [3.05, 3.63) is 93.5 Å². The van der Waals surface area contributed by atoms with Crippen LogP contribution >= 0.6 is 23.2 Å². The Balaban J connectivity index is 1.38. The zero-order valence-corrected chi connectivity index (χ0v) is 25.1. The Morgan fingerprint density at radius 3 is 2.44 bits per heavy atom. The molecule has 0 bridgehead atoms. The van der Waals surface area contributed by atoms with Gasteiger partial charge in [-0.25, -0.2) is 21.6 Å². The number of aryl methyl sites for hydroxylation is 1. The lowest BCUT2D eigenvalue weighted by Gasteiger charge is -2.43. The summed E-state index contributed by atoms with van der Waals surface area (Å²) in [6.07, 6.45) is 1.29. The third-order valence-corrected chi connectivity index (χ3v) is 13.1. The molecule has 1 unspecified atom stereocenters. The van der Waals surface area contributed by atoms with E-state index in [1.807, 2.05) is 6.07 Å². The summed E-state index contributed by atoms with van der Waals surface area (Å²) >= 11 is 12.6. The molecule has 3 aliphatic rings. The normalized spacial score (nSPS) is 25.0. The van der Waals surface area contributed by atoms with Crippen LogP contribution in [0, 0.1) is 0 Å². The van der Waals surface area contributed by atoms with Crippen LogP contribution < -0.4 is 9.46 Å². The van der Waals surface area contributed by atoms with Gasteiger partial charge in [0.05, 0.1) is 16.7 Å². The van der Waals surface area contributed by atoms with Crippen molar-refractivity contribution in [1.29, 1.82) is 0 Å². The number of carbonyl (C=O) groups is 1. The Morgan fingerprint density at radius 2 is 1.76 bits per heavy atom. The molecule has 0 aromatic heterocycles. The molecule has 8 nitrogen and oxygen atoms in total. The topological polar surface area (TPSA) is 110 Å². The van der Waals surface area contributed by atoms with Crippen molar-refractivity contribution in [2.75, 3.05) is 12.3 Å². The molecule has 3 atom stereocenters. The molecule has 6 rings (SSSR count). The first-order chi connectivity index (χ1) is 19.5. The zero-order chi connectivity index (χ0) is 29.0. The lowest BCUT2D eigenvalue weighted by atomic mass is 9.78. The van der Waals surface area contributed by atoms with E-state index >= 15 is 0 Å². The Labute approximate surface area is 249 Å². The van der Waals surface area contributed by atoms with E-state index in [-0.39, 0.29) is 42.5 Å². The molecule has 2 aliphatic heterocycles. The highest BCUT2D eigenvalue weighted by Gasteiger charge is 2.61. The van der Waals surface area contributed by atoms with Crippen LogP contribution in [0.2, 0.25) is 10.0 Å². The molecule has 3 aromatic carbocycles. The minimum absolute atomic E-state index is 0.125. The predicted octanol–water partition coefficient (Wildman–Crippen LogP) is 4.48. The number of hydrogen-bond donors (Lipinski definition) is 1. The zero-order valence-electron chi connectivity index (χ0n) is 21.9. The Bertz CT molecular complexity index is 1710. The molecule has 1 amide bonds. The highest BCUT2D eigenvalue weighted by atomic mass is 35.5. The number of ether oxygens (including phenoxy) is 1. The van der Waals surface area contributed by atoms with Gasteiger partial charge in [-0.2, -0.15) is 0 Å². The average molecular weight is 636 g/mol. The summed E-state index contributed by atoms with van der Waals surface area (Å²) in [6, 6.07) is 17.4. The van der Waals surface area contributed by atoms with Gasteiger partial charge in [0, 0.05) is 22.2 Å². The summed E-state index contributed by atoms with van der Waals surface area (Å²) < 4.78 is 60.1. The first kappa shape index (κ1) is 28.5. The number of nitrogens with one attached hydrogen (secondary N) is 1. The second kappa shape index (κ2) is 10.6. The van der Waals surface area contributed by atoms with Crippen molar-refractivity contribution in [2.45, 2.75) is 54.0 Å². The lowest BCUT2D eigenvalue weighted by Crippen LogP contribution is -2.54. The van der Waals surface area contributed by atoms with Gasteiger partial charge in [-0.15, -0.1) is 0 Å². The number of amides is 1. The van der Waals surface area contributed by atoms with Crippen LogP contribution in [-0.4, -0.2) is 52.0 Å². The third kappa shape index (κ3) is 4.83. The Morgan fingerprint density at radius 1 is 1.02 bits per heavy atom. The maximum Gasteiger partial charge on any atom is 0.241 e. The van der Waals surface area contributed by atoms with Crippen molar-refractivity contribution >= 4 is 49.0 Å². The van der Waals surface area contributed by atoms with Crippen LogP contribution in [0.1, 0.15) is 36.0 Å². The van der Waals surface area contributed by atoms with Gasteiger partial charge in [0.25, 0.3) is 0 Å². The first-order valence-electron chi connectivity index (χ1n) is 13.3. The number of sulfone groups is 1. The lowest BCUT2D eigenvalue weighted by molar-refractivity contribution is -0.134. The number of halogens is 2. The van der Waals surface area contributed by atoms with Crippen LogP contribution in [0.25, 0.3) is 0 Å². The number of likely N-dealkylation sites (tertiary alicyclic amines) is 1. The van der Waals surface area contributed by atoms with Crippen molar-refractivity contribution < 1.29 is 26.4 Å². The quantitative estimate of drug-likeness (QED) is 0.428. The Kier molecular flexibility index (Phi) is 7.35. The van der Waals surface area contributed by atoms with E-state index in [0.29, 0.717) is 39.8 Å². The van der Waals surface area contributed by atoms with E-state index in [9.17, 15) is 21.6 Å². The van der Waals surface area contributed by atoms with Crippen LogP contribution in [-0.2, 0) is 42.4 Å². The van der Waals surface area contributed by atoms with E-state index < -0.39 is 36.7 Å². The molecule has 216 valence electrons. The summed E-state index contributed by atoms with van der Waals surface area (Å²) in [7, 11) is -7.49. The van der Waals surface area contributed by atoms with Crippen molar-refractivity contribution in [3.63, 3.8) is 0 Å². The van der Waals surface area contributed by atoms with Crippen LogP contribution in [0.5, 0.6) is 5.75 Å². The maximum absolute atomic E-state index is 14.5. The number of hydrogen-bond acceptors (Lipinski definition) is 6. The summed E-state index contributed by atoms with van der Waals surface area (Å²) in [5.41, 5.74) is 2.13. The third-order valence-electron chi connectivity index (χ3n) is 8.41. The number of benzene rings is 3. The molecule has 0 saturated carbocycles. The van der Waals surface area contributed by atoms with Crippen molar-refractivity contribution in [3.8, 4) is 5.75 Å². The predicted molar refractivity (Wildman–Crippen MR) is 156 cm³/mol. The molecule has 2 fully saturated rings. The van der Waals surface area contributed by atoms with Crippen LogP contribution in [0.3, 0.4) is 0 Å². The molecule has 12 heteroatoms. The number of sulfonamides is 1. The fourth-order valence-corrected chi connectivity index (χ4v) is 10.7. The van der Waals surface area contributed by atoms with Gasteiger partial charge in [0.2, 0.25) is 15.9 Å². The molecular weight excluding hydrogens is 607 g/mol. The molecule has 2 heterocycles. The molecule has 1 N–H and O–H groups in total. The Hall–Kier alpha value is -2.63. The van der Waals surface area contributed by atoms with Gasteiger partial charge in [-0.3, -0.25) is 4.79 Å². The van der Waals surface area contributed by atoms with Gasteiger partial charge in [0.1, 0.15) is 23.1 Å². The maximum atomic E-state index is 14.5. The SMILES string of the molecule is O=C(C1CCS(=O)(=O)N1)N1CC[C@@]2(S(=O)(=O)c3ccccc3)c3ccc(OCc4c(Cl)cccc4Cl)cc3CC[C@@H]12. The number of carbonyl (C=O) groups excluding carboxylic acids is 1. The van der Waals surface area contributed by atoms with Crippen molar-refractivity contribution in [2.24, 2.45) is 0 Å². The second-order valence-corrected chi connectivity index (χ2v) is 15.5. The molecule has 3 aromatic rings. The van der Waals surface area contributed by atoms with E-state index in [0.717, 1.165) is 5.56 Å². The van der Waals surface area contributed by atoms with Gasteiger partial charge < -0.3 is 9.64 Å². The van der Waals surface area contributed by atoms with E-state index in [1.54, 1.807) is 65.6 Å². The minimum atomic E-state index is -3.97. The monoisotopic (exact) mass is 634 g/mol. The van der Waals surface area contributed by atoms with Gasteiger partial charge in [-0.1, -0.05) is 53.5 Å².